The molecule has 194 valence electrons. The first-order chi connectivity index (χ1) is 17.8. The minimum atomic E-state index is -2.76. The largest absolute Gasteiger partial charge is 0.352 e. The average molecular weight is 514 g/mol. The first-order valence-corrected chi connectivity index (χ1v) is 12.2. The molecule has 0 N–H and O–H groups in total. The molecule has 37 heavy (non-hydrogen) atoms. The summed E-state index contributed by atoms with van der Waals surface area (Å²) in [6.07, 6.45) is 5.13. The van der Waals surface area contributed by atoms with E-state index in [1.165, 1.54) is 24.5 Å². The Morgan fingerprint density at radius 2 is 1.73 bits per heavy atom. The molecule has 7 nitrogen and oxygen atoms in total. The van der Waals surface area contributed by atoms with Crippen molar-refractivity contribution >= 4 is 16.9 Å². The van der Waals surface area contributed by atoms with Crippen LogP contribution in [0.1, 0.15) is 31.7 Å². The maximum atomic E-state index is 14.1. The molecule has 0 atom stereocenters. The molecule has 0 unspecified atom stereocenters. The molecule has 5 rings (SSSR count). The predicted octanol–water partition coefficient (Wildman–Crippen LogP) is 5.08. The number of hydrogen-bond acceptors (Lipinski definition) is 6. The Morgan fingerprint density at radius 1 is 0.946 bits per heavy atom. The number of aromatic nitrogens is 5. The molecule has 11 heteroatoms. The van der Waals surface area contributed by atoms with E-state index in [0.29, 0.717) is 77.0 Å². The molecule has 0 aliphatic carbocycles. The number of benzene rings is 1. The normalized spacial score (nSPS) is 14.9. The number of pyridine rings is 1. The maximum Gasteiger partial charge on any atom is 0.333 e. The van der Waals surface area contributed by atoms with E-state index in [2.05, 4.69) is 28.8 Å². The van der Waals surface area contributed by atoms with Crippen molar-refractivity contribution in [2.45, 2.75) is 33.4 Å². The van der Waals surface area contributed by atoms with Crippen LogP contribution in [0, 0.1) is 17.6 Å². The van der Waals surface area contributed by atoms with Gasteiger partial charge < -0.3 is 4.90 Å². The summed E-state index contributed by atoms with van der Waals surface area (Å²) in [4.78, 5) is 18.3. The Balaban J connectivity index is 1.44. The number of anilines is 1. The minimum Gasteiger partial charge on any atom is -0.352 e. The van der Waals surface area contributed by atoms with E-state index in [9.17, 15) is 17.6 Å². The molecule has 1 aliphatic rings. The molecule has 0 spiro atoms. The Morgan fingerprint density at radius 3 is 2.41 bits per heavy atom. The number of hydrogen-bond donors (Lipinski definition) is 0. The number of fused-ring (bicyclic) bond motifs is 1. The van der Waals surface area contributed by atoms with Crippen LogP contribution in [0.5, 0.6) is 0 Å². The lowest BCUT2D eigenvalue weighted by Crippen LogP contribution is -2.46. The number of rotatable bonds is 7. The number of alkyl halides is 2. The Kier molecular flexibility index (Phi) is 7.05. The van der Waals surface area contributed by atoms with Crippen molar-refractivity contribution in [3.05, 3.63) is 65.7 Å². The summed E-state index contributed by atoms with van der Waals surface area (Å²) in [5.41, 5.74) is 3.49. The molecule has 3 aromatic heterocycles. The van der Waals surface area contributed by atoms with Crippen LogP contribution in [0.25, 0.3) is 22.3 Å². The third kappa shape index (κ3) is 5.56. The highest BCUT2D eigenvalue weighted by atomic mass is 19.3. The topological polar surface area (TPSA) is 63.0 Å². The summed E-state index contributed by atoms with van der Waals surface area (Å²) in [7, 11) is 0. The molecule has 0 saturated carbocycles. The first kappa shape index (κ1) is 25.1. The summed E-state index contributed by atoms with van der Waals surface area (Å²) in [5.74, 6) is -0.187. The monoisotopic (exact) mass is 513 g/mol. The van der Waals surface area contributed by atoms with Crippen LogP contribution in [0.15, 0.2) is 42.9 Å². The van der Waals surface area contributed by atoms with E-state index in [4.69, 9.17) is 9.97 Å². The Hall–Kier alpha value is -3.60. The Bertz CT molecular complexity index is 1400. The van der Waals surface area contributed by atoms with Gasteiger partial charge in [0.2, 0.25) is 0 Å². The highest BCUT2D eigenvalue weighted by Crippen LogP contribution is 2.31. The van der Waals surface area contributed by atoms with E-state index in [1.54, 1.807) is 6.20 Å². The molecule has 4 heterocycles. The van der Waals surface area contributed by atoms with Crippen LogP contribution in [-0.2, 0) is 13.0 Å². The lowest BCUT2D eigenvalue weighted by atomic mass is 10.1. The molecule has 0 bridgehead atoms. The van der Waals surface area contributed by atoms with Crippen LogP contribution in [0.4, 0.5) is 23.4 Å². The van der Waals surface area contributed by atoms with Gasteiger partial charge in [-0.25, -0.2) is 23.4 Å². The zero-order valence-electron chi connectivity index (χ0n) is 20.6. The number of halogens is 4. The van der Waals surface area contributed by atoms with Gasteiger partial charge in [0.15, 0.2) is 5.82 Å². The van der Waals surface area contributed by atoms with Crippen molar-refractivity contribution in [2.24, 2.45) is 5.92 Å². The zero-order chi connectivity index (χ0) is 26.1. The van der Waals surface area contributed by atoms with Crippen molar-refractivity contribution in [1.29, 1.82) is 0 Å². The lowest BCUT2D eigenvalue weighted by molar-refractivity contribution is 0.0566. The van der Waals surface area contributed by atoms with Gasteiger partial charge in [-0.1, -0.05) is 19.9 Å². The van der Waals surface area contributed by atoms with Gasteiger partial charge in [0.05, 0.1) is 17.9 Å². The summed E-state index contributed by atoms with van der Waals surface area (Å²) in [6, 6.07) is 5.50. The third-order valence-corrected chi connectivity index (χ3v) is 6.36. The second-order valence-corrected chi connectivity index (χ2v) is 9.64. The molecule has 1 fully saturated rings. The summed E-state index contributed by atoms with van der Waals surface area (Å²) >= 11 is 0. The highest BCUT2D eigenvalue weighted by Gasteiger charge is 2.24. The van der Waals surface area contributed by atoms with E-state index in [0.717, 1.165) is 18.2 Å². The SMILES string of the molecule is CC(C)Cc1cc2nc(-c3cnn(C(F)F)c3)c(N3CCN(Cc4ccc(F)cc4F)CC3)nc2cn1. The van der Waals surface area contributed by atoms with Crippen LogP contribution < -0.4 is 4.90 Å². The highest BCUT2D eigenvalue weighted by molar-refractivity contribution is 5.83. The second-order valence-electron chi connectivity index (χ2n) is 9.64. The van der Waals surface area contributed by atoms with E-state index >= 15 is 0 Å². The molecule has 1 aliphatic heterocycles. The van der Waals surface area contributed by atoms with Crippen LogP contribution in [0.2, 0.25) is 0 Å². The molecule has 1 aromatic carbocycles. The molecule has 1 saturated heterocycles. The third-order valence-electron chi connectivity index (χ3n) is 6.36. The number of nitrogens with zero attached hydrogens (tertiary/aromatic N) is 7. The molecule has 4 aromatic rings. The molecule has 0 amide bonds. The quantitative estimate of drug-likeness (QED) is 0.321. The van der Waals surface area contributed by atoms with Gasteiger partial charge >= 0.3 is 6.55 Å². The van der Waals surface area contributed by atoms with Crippen molar-refractivity contribution < 1.29 is 17.6 Å². The Labute approximate surface area is 211 Å². The van der Waals surface area contributed by atoms with Gasteiger partial charge in [0.25, 0.3) is 0 Å². The van der Waals surface area contributed by atoms with E-state index in [-0.39, 0.29) is 0 Å². The van der Waals surface area contributed by atoms with Crippen molar-refractivity contribution in [1.82, 2.24) is 29.6 Å². The summed E-state index contributed by atoms with van der Waals surface area (Å²) < 4.78 is 54.5. The lowest BCUT2D eigenvalue weighted by Gasteiger charge is -2.36. The zero-order valence-corrected chi connectivity index (χ0v) is 20.6. The van der Waals surface area contributed by atoms with Crippen LogP contribution in [0.3, 0.4) is 0 Å². The summed E-state index contributed by atoms with van der Waals surface area (Å²) in [6.45, 7) is 4.16. The van der Waals surface area contributed by atoms with Gasteiger partial charge in [-0.15, -0.1) is 0 Å². The fourth-order valence-electron chi connectivity index (χ4n) is 4.51. The average Bonchev–Trinajstić information content (AvgIpc) is 3.36. The van der Waals surface area contributed by atoms with Crippen molar-refractivity contribution in [2.75, 3.05) is 31.1 Å². The fourth-order valence-corrected chi connectivity index (χ4v) is 4.51. The molecular weight excluding hydrogens is 486 g/mol. The second kappa shape index (κ2) is 10.4. The van der Waals surface area contributed by atoms with Gasteiger partial charge in [0, 0.05) is 61.8 Å². The maximum absolute atomic E-state index is 14.1. The van der Waals surface area contributed by atoms with Crippen molar-refractivity contribution in [3.8, 4) is 11.3 Å². The van der Waals surface area contributed by atoms with Gasteiger partial charge in [-0.3, -0.25) is 9.88 Å². The van der Waals surface area contributed by atoms with Gasteiger partial charge in [-0.2, -0.15) is 13.9 Å². The molecule has 0 radical (unpaired) electrons. The standard InChI is InChI=1S/C26H27F4N7/c1-16(2)9-20-11-22-23(13-31-20)34-25(24(33-22)18-12-32-37(15-18)26(29)30)36-7-5-35(6-8-36)14-17-3-4-19(27)10-21(17)28/h3-4,10-13,15-16,26H,5-9,14H2,1-2H3. The minimum absolute atomic E-state index is 0.361. The predicted molar refractivity (Wildman–Crippen MR) is 132 cm³/mol. The van der Waals surface area contributed by atoms with Gasteiger partial charge in [-0.05, 0) is 24.5 Å². The van der Waals surface area contributed by atoms with E-state index < -0.39 is 18.2 Å². The number of piperazine rings is 1. The van der Waals surface area contributed by atoms with Crippen LogP contribution >= 0.6 is 0 Å². The summed E-state index contributed by atoms with van der Waals surface area (Å²) in [5, 5.41) is 3.79. The van der Waals surface area contributed by atoms with Gasteiger partial charge in [0.1, 0.15) is 22.8 Å². The fraction of sp³-hybridized carbons (Fsp3) is 0.385. The molecular formula is C26H27F4N7. The van der Waals surface area contributed by atoms with Crippen molar-refractivity contribution in [3.63, 3.8) is 0 Å². The first-order valence-electron chi connectivity index (χ1n) is 12.2. The van der Waals surface area contributed by atoms with E-state index in [1.807, 2.05) is 11.0 Å². The smallest absolute Gasteiger partial charge is 0.333 e. The van der Waals surface area contributed by atoms with Crippen LogP contribution in [-0.4, -0.2) is 55.8 Å².